The topological polar surface area (TPSA) is 47.7 Å². The van der Waals surface area contributed by atoms with Gasteiger partial charge in [-0.15, -0.1) is 0 Å². The molecule has 0 atom stereocenters. The number of rotatable bonds is 10. The van der Waals surface area contributed by atoms with Gasteiger partial charge in [0, 0.05) is 37.6 Å². The van der Waals surface area contributed by atoms with E-state index in [2.05, 4.69) is 20.8 Å². The summed E-state index contributed by atoms with van der Waals surface area (Å²) in [5.74, 6) is 0.870. The Labute approximate surface area is 134 Å². The van der Waals surface area contributed by atoms with Crippen LogP contribution in [0.2, 0.25) is 0 Å². The Kier molecular flexibility index (Phi) is 8.77. The van der Waals surface area contributed by atoms with E-state index >= 15 is 0 Å². The lowest BCUT2D eigenvalue weighted by molar-refractivity contribution is 0.136. The lowest BCUT2D eigenvalue weighted by Gasteiger charge is -2.21. The lowest BCUT2D eigenvalue weighted by atomic mass is 10.3. The minimum absolute atomic E-state index is 0.543. The third-order valence-electron chi connectivity index (χ3n) is 2.78. The van der Waals surface area contributed by atoms with Crippen molar-refractivity contribution in [2.75, 3.05) is 40.0 Å². The molecular weight excluding hydrogens is 340 g/mol. The molecule has 0 spiro atoms. The van der Waals surface area contributed by atoms with Crippen LogP contribution in [0.25, 0.3) is 0 Å². The fourth-order valence-electron chi connectivity index (χ4n) is 1.65. The molecule has 0 aromatic heterocycles. The quantitative estimate of drug-likeness (QED) is 0.649. The van der Waals surface area contributed by atoms with Gasteiger partial charge in [0.25, 0.3) is 0 Å². The number of nitrogens with zero attached hydrogens (tertiary/aromatic N) is 1. The molecule has 0 bridgehead atoms. The van der Waals surface area contributed by atoms with Crippen LogP contribution >= 0.6 is 28.1 Å². The average Bonchev–Trinajstić information content (AvgIpc) is 2.43. The average molecular weight is 361 g/mol. The summed E-state index contributed by atoms with van der Waals surface area (Å²) in [6.45, 7) is 3.82. The van der Waals surface area contributed by atoms with Gasteiger partial charge in [0.05, 0.1) is 11.6 Å². The van der Waals surface area contributed by atoms with E-state index in [0.29, 0.717) is 18.2 Å². The molecule has 0 unspecified atom stereocenters. The Morgan fingerprint density at radius 3 is 2.45 bits per heavy atom. The van der Waals surface area contributed by atoms with Crippen LogP contribution in [0.5, 0.6) is 5.75 Å². The highest BCUT2D eigenvalue weighted by Gasteiger charge is 2.05. The number of hydrogen-bond donors (Lipinski definition) is 1. The smallest absolute Gasteiger partial charge is 0.119 e. The van der Waals surface area contributed by atoms with E-state index in [9.17, 15) is 0 Å². The van der Waals surface area contributed by atoms with Gasteiger partial charge < -0.3 is 15.2 Å². The molecule has 0 saturated heterocycles. The number of ether oxygens (including phenoxy) is 2. The Hall–Kier alpha value is -0.690. The van der Waals surface area contributed by atoms with E-state index in [1.807, 2.05) is 24.3 Å². The first-order chi connectivity index (χ1) is 9.61. The highest BCUT2D eigenvalue weighted by molar-refractivity contribution is 9.10. The molecule has 0 fully saturated rings. The number of benzene rings is 1. The van der Waals surface area contributed by atoms with E-state index in [1.54, 1.807) is 7.11 Å². The highest BCUT2D eigenvalue weighted by Crippen LogP contribution is 2.15. The second-order valence-corrected chi connectivity index (χ2v) is 5.79. The third kappa shape index (κ3) is 7.79. The van der Waals surface area contributed by atoms with E-state index in [-0.39, 0.29) is 0 Å². The summed E-state index contributed by atoms with van der Waals surface area (Å²) in [6.07, 6.45) is 0.720. The zero-order chi connectivity index (χ0) is 14.8. The largest absolute Gasteiger partial charge is 0.492 e. The third-order valence-corrected chi connectivity index (χ3v) is 3.51. The molecule has 0 heterocycles. The van der Waals surface area contributed by atoms with Gasteiger partial charge in [0.1, 0.15) is 12.4 Å². The van der Waals surface area contributed by atoms with Gasteiger partial charge in [0.15, 0.2) is 0 Å². The number of hydrogen-bond acceptors (Lipinski definition) is 4. The van der Waals surface area contributed by atoms with Crippen LogP contribution < -0.4 is 10.5 Å². The molecule has 1 aromatic carbocycles. The molecule has 1 rings (SSSR count). The summed E-state index contributed by atoms with van der Waals surface area (Å²) in [5.41, 5.74) is 5.54. The predicted molar refractivity (Wildman–Crippen MR) is 89.4 cm³/mol. The number of methoxy groups -OCH3 is 1. The van der Waals surface area contributed by atoms with Crippen molar-refractivity contribution >= 4 is 33.1 Å². The molecule has 4 nitrogen and oxygen atoms in total. The van der Waals surface area contributed by atoms with Crippen LogP contribution in [-0.2, 0) is 4.74 Å². The Balaban J connectivity index is 2.32. The molecule has 0 amide bonds. The SMILES string of the molecule is COCCN(CCOc1ccc(Br)cc1)CCC(N)=S. The summed E-state index contributed by atoms with van der Waals surface area (Å²) in [6, 6.07) is 7.81. The van der Waals surface area contributed by atoms with E-state index in [4.69, 9.17) is 27.4 Å². The zero-order valence-electron chi connectivity index (χ0n) is 11.7. The molecule has 20 heavy (non-hydrogen) atoms. The van der Waals surface area contributed by atoms with Crippen molar-refractivity contribution in [3.8, 4) is 5.75 Å². The van der Waals surface area contributed by atoms with Crippen LogP contribution in [0.15, 0.2) is 28.7 Å². The molecule has 6 heteroatoms. The van der Waals surface area contributed by atoms with E-state index in [0.717, 1.165) is 36.3 Å². The van der Waals surface area contributed by atoms with Crippen molar-refractivity contribution in [3.63, 3.8) is 0 Å². The maximum Gasteiger partial charge on any atom is 0.119 e. The first-order valence-corrected chi connectivity index (χ1v) is 7.70. The molecule has 1 aromatic rings. The predicted octanol–water partition coefficient (Wildman–Crippen LogP) is 2.45. The second-order valence-electron chi connectivity index (χ2n) is 4.35. The van der Waals surface area contributed by atoms with Crippen molar-refractivity contribution < 1.29 is 9.47 Å². The molecule has 112 valence electrons. The van der Waals surface area contributed by atoms with Crippen LogP contribution in [0, 0.1) is 0 Å². The minimum atomic E-state index is 0.543. The van der Waals surface area contributed by atoms with E-state index < -0.39 is 0 Å². The van der Waals surface area contributed by atoms with Crippen molar-refractivity contribution in [1.29, 1.82) is 0 Å². The molecule has 0 aliphatic rings. The van der Waals surface area contributed by atoms with Crippen molar-refractivity contribution in [2.45, 2.75) is 6.42 Å². The van der Waals surface area contributed by atoms with Gasteiger partial charge in [-0.05, 0) is 24.3 Å². The normalized spacial score (nSPS) is 10.8. The van der Waals surface area contributed by atoms with Crippen LogP contribution in [-0.4, -0.2) is 49.8 Å². The van der Waals surface area contributed by atoms with Crippen LogP contribution in [0.4, 0.5) is 0 Å². The summed E-state index contributed by atoms with van der Waals surface area (Å²) < 4.78 is 11.9. The van der Waals surface area contributed by atoms with Gasteiger partial charge in [0.2, 0.25) is 0 Å². The summed E-state index contributed by atoms with van der Waals surface area (Å²) >= 11 is 8.31. The number of nitrogens with two attached hydrogens (primary N) is 1. The van der Waals surface area contributed by atoms with E-state index in [1.165, 1.54) is 0 Å². The summed E-state index contributed by atoms with van der Waals surface area (Å²) in [5, 5.41) is 0. The maximum absolute atomic E-state index is 5.71. The van der Waals surface area contributed by atoms with Crippen molar-refractivity contribution in [3.05, 3.63) is 28.7 Å². The Bertz CT molecular complexity index is 401. The standard InChI is InChI=1S/C14H21BrN2O2S/c1-18-10-8-17(7-6-14(16)20)9-11-19-13-4-2-12(15)3-5-13/h2-5H,6-11H2,1H3,(H2,16,20). The number of halogens is 1. The van der Waals surface area contributed by atoms with Gasteiger partial charge in [-0.2, -0.15) is 0 Å². The van der Waals surface area contributed by atoms with Gasteiger partial charge in [-0.1, -0.05) is 28.1 Å². The Morgan fingerprint density at radius 2 is 1.85 bits per heavy atom. The lowest BCUT2D eigenvalue weighted by Crippen LogP contribution is -2.34. The first-order valence-electron chi connectivity index (χ1n) is 6.50. The fourth-order valence-corrected chi connectivity index (χ4v) is 2.00. The van der Waals surface area contributed by atoms with Crippen LogP contribution in [0.1, 0.15) is 6.42 Å². The maximum atomic E-state index is 5.71. The molecule has 0 aliphatic carbocycles. The monoisotopic (exact) mass is 360 g/mol. The Morgan fingerprint density at radius 1 is 1.20 bits per heavy atom. The summed E-state index contributed by atoms with van der Waals surface area (Å²) in [7, 11) is 1.70. The first kappa shape index (κ1) is 17.4. The van der Waals surface area contributed by atoms with Gasteiger partial charge >= 0.3 is 0 Å². The molecule has 2 N–H and O–H groups in total. The zero-order valence-corrected chi connectivity index (χ0v) is 14.1. The van der Waals surface area contributed by atoms with Crippen LogP contribution in [0.3, 0.4) is 0 Å². The molecule has 0 radical (unpaired) electrons. The highest BCUT2D eigenvalue weighted by atomic mass is 79.9. The minimum Gasteiger partial charge on any atom is -0.492 e. The van der Waals surface area contributed by atoms with Gasteiger partial charge in [-0.25, -0.2) is 0 Å². The second kappa shape index (κ2) is 10.1. The molecular formula is C14H21BrN2O2S. The van der Waals surface area contributed by atoms with Gasteiger partial charge in [-0.3, -0.25) is 4.90 Å². The molecule has 0 saturated carbocycles. The summed E-state index contributed by atoms with van der Waals surface area (Å²) in [4.78, 5) is 2.78. The molecule has 0 aliphatic heterocycles. The van der Waals surface area contributed by atoms with Crippen molar-refractivity contribution in [1.82, 2.24) is 4.90 Å². The number of thiocarbonyl (C=S) groups is 1. The van der Waals surface area contributed by atoms with Crippen molar-refractivity contribution in [2.24, 2.45) is 5.73 Å². The fraction of sp³-hybridized carbons (Fsp3) is 0.500.